The number of hydrogen-bond donors (Lipinski definition) is 1. The molecular formula is C32H40N6O. The summed E-state index contributed by atoms with van der Waals surface area (Å²) in [5.41, 5.74) is 5.33. The maximum atomic E-state index is 11.3. The van der Waals surface area contributed by atoms with Crippen molar-refractivity contribution in [3.05, 3.63) is 120 Å². The molecule has 0 aliphatic rings. The average Bonchev–Trinajstić information content (AvgIpc) is 2.90. The molecule has 4 heterocycles. The van der Waals surface area contributed by atoms with Crippen LogP contribution in [0.5, 0.6) is 0 Å². The third-order valence-corrected chi connectivity index (χ3v) is 6.28. The molecule has 0 fully saturated rings. The second-order valence-corrected chi connectivity index (χ2v) is 11.4. The van der Waals surface area contributed by atoms with Gasteiger partial charge in [-0.2, -0.15) is 0 Å². The maximum absolute atomic E-state index is 11.3. The highest BCUT2D eigenvalue weighted by Crippen LogP contribution is 2.20. The number of aliphatic hydroxyl groups excluding tert-OH is 1. The fourth-order valence-electron chi connectivity index (χ4n) is 4.68. The van der Waals surface area contributed by atoms with Gasteiger partial charge in [-0.3, -0.25) is 29.7 Å². The molecule has 4 rings (SSSR count). The van der Waals surface area contributed by atoms with Gasteiger partial charge in [0.2, 0.25) is 0 Å². The zero-order chi connectivity index (χ0) is 27.5. The molecule has 39 heavy (non-hydrogen) atoms. The van der Waals surface area contributed by atoms with Gasteiger partial charge in [-0.05, 0) is 59.9 Å². The second kappa shape index (κ2) is 14.0. The molecule has 0 aliphatic heterocycles. The lowest BCUT2D eigenvalue weighted by atomic mass is 9.89. The van der Waals surface area contributed by atoms with Crippen molar-refractivity contribution in [3.63, 3.8) is 0 Å². The number of nitrogens with zero attached hydrogens (tertiary/aromatic N) is 6. The predicted molar refractivity (Wildman–Crippen MR) is 154 cm³/mol. The minimum Gasteiger partial charge on any atom is -0.390 e. The van der Waals surface area contributed by atoms with E-state index in [0.29, 0.717) is 39.3 Å². The first-order chi connectivity index (χ1) is 18.8. The van der Waals surface area contributed by atoms with Gasteiger partial charge in [0.05, 0.1) is 28.9 Å². The molecule has 204 valence electrons. The van der Waals surface area contributed by atoms with Crippen LogP contribution < -0.4 is 0 Å². The van der Waals surface area contributed by atoms with Crippen LogP contribution >= 0.6 is 0 Å². The molecule has 0 aliphatic carbocycles. The minimum absolute atomic E-state index is 0.217. The van der Waals surface area contributed by atoms with E-state index in [1.165, 1.54) is 5.56 Å². The Labute approximate surface area is 232 Å². The standard InChI is InChI=1S/C32H40N6O/c1-32(2,3)18-26-13-14-30(36-19-26)23-38(22-29-12-6-9-17-35-29)25-31(39)24-37(20-27-10-4-7-15-33-27)21-28-11-5-8-16-34-28/h4-17,19,31,39H,18,20-25H2,1-3H3. The quantitative estimate of drug-likeness (QED) is 0.266. The summed E-state index contributed by atoms with van der Waals surface area (Å²) in [6, 6.07) is 22.1. The van der Waals surface area contributed by atoms with Crippen molar-refractivity contribution in [1.29, 1.82) is 0 Å². The third kappa shape index (κ3) is 10.3. The Morgan fingerprint density at radius 1 is 0.615 bits per heavy atom. The SMILES string of the molecule is CC(C)(C)Cc1ccc(CN(Cc2ccccn2)CC(O)CN(Cc2ccccn2)Cc2ccccn2)nc1. The van der Waals surface area contributed by atoms with Crippen LogP contribution in [-0.4, -0.2) is 54.0 Å². The topological polar surface area (TPSA) is 78.3 Å². The maximum Gasteiger partial charge on any atom is 0.0794 e. The van der Waals surface area contributed by atoms with E-state index in [1.807, 2.05) is 67.0 Å². The van der Waals surface area contributed by atoms with Crippen molar-refractivity contribution >= 4 is 0 Å². The molecule has 0 saturated heterocycles. The molecule has 0 saturated carbocycles. The molecule has 7 heteroatoms. The fraction of sp³-hybridized carbons (Fsp3) is 0.375. The van der Waals surface area contributed by atoms with Gasteiger partial charge in [0, 0.05) is 64.1 Å². The highest BCUT2D eigenvalue weighted by molar-refractivity contribution is 5.16. The van der Waals surface area contributed by atoms with Gasteiger partial charge < -0.3 is 5.11 Å². The smallest absolute Gasteiger partial charge is 0.0794 e. The molecule has 1 unspecified atom stereocenters. The van der Waals surface area contributed by atoms with Crippen LogP contribution in [-0.2, 0) is 32.6 Å². The van der Waals surface area contributed by atoms with E-state index in [0.717, 1.165) is 29.2 Å². The fourth-order valence-corrected chi connectivity index (χ4v) is 4.68. The summed E-state index contributed by atoms with van der Waals surface area (Å²) in [6.07, 6.45) is 7.81. The van der Waals surface area contributed by atoms with E-state index in [4.69, 9.17) is 4.98 Å². The van der Waals surface area contributed by atoms with Crippen LogP contribution in [0.15, 0.2) is 91.5 Å². The Bertz CT molecular complexity index is 1190. The average molecular weight is 525 g/mol. The summed E-state index contributed by atoms with van der Waals surface area (Å²) in [5.74, 6) is 0. The van der Waals surface area contributed by atoms with E-state index in [9.17, 15) is 5.11 Å². The number of aromatic nitrogens is 4. The van der Waals surface area contributed by atoms with Gasteiger partial charge in [0.25, 0.3) is 0 Å². The van der Waals surface area contributed by atoms with Crippen LogP contribution in [0.1, 0.15) is 49.1 Å². The molecular weight excluding hydrogens is 484 g/mol. The van der Waals surface area contributed by atoms with Crippen LogP contribution in [0.3, 0.4) is 0 Å². The first-order valence-corrected chi connectivity index (χ1v) is 13.6. The number of pyridine rings is 4. The first kappa shape index (κ1) is 28.5. The first-order valence-electron chi connectivity index (χ1n) is 13.6. The molecule has 0 amide bonds. The van der Waals surface area contributed by atoms with Gasteiger partial charge in [-0.1, -0.05) is 45.0 Å². The summed E-state index contributed by atoms with van der Waals surface area (Å²) in [7, 11) is 0. The monoisotopic (exact) mass is 524 g/mol. The van der Waals surface area contributed by atoms with Crippen LogP contribution in [0.2, 0.25) is 0 Å². The van der Waals surface area contributed by atoms with Crippen LogP contribution in [0.4, 0.5) is 0 Å². The molecule has 1 atom stereocenters. The van der Waals surface area contributed by atoms with Gasteiger partial charge in [-0.25, -0.2) is 0 Å². The molecule has 0 radical (unpaired) electrons. The van der Waals surface area contributed by atoms with Crippen molar-refractivity contribution in [2.24, 2.45) is 5.41 Å². The van der Waals surface area contributed by atoms with E-state index in [2.05, 4.69) is 57.7 Å². The highest BCUT2D eigenvalue weighted by atomic mass is 16.3. The Balaban J connectivity index is 1.45. The summed E-state index contributed by atoms with van der Waals surface area (Å²) < 4.78 is 0. The number of aliphatic hydroxyl groups is 1. The van der Waals surface area contributed by atoms with Crippen molar-refractivity contribution < 1.29 is 5.11 Å². The summed E-state index contributed by atoms with van der Waals surface area (Å²) >= 11 is 0. The zero-order valence-corrected chi connectivity index (χ0v) is 23.3. The molecule has 7 nitrogen and oxygen atoms in total. The Kier molecular flexibility index (Phi) is 10.3. The third-order valence-electron chi connectivity index (χ3n) is 6.28. The van der Waals surface area contributed by atoms with Crippen molar-refractivity contribution in [1.82, 2.24) is 29.7 Å². The molecule has 4 aromatic heterocycles. The second-order valence-electron chi connectivity index (χ2n) is 11.4. The van der Waals surface area contributed by atoms with Gasteiger partial charge in [0.1, 0.15) is 0 Å². The molecule has 0 aromatic carbocycles. The highest BCUT2D eigenvalue weighted by Gasteiger charge is 2.19. The number of rotatable bonds is 13. The lowest BCUT2D eigenvalue weighted by molar-refractivity contribution is 0.0615. The Hall–Kier alpha value is -3.52. The van der Waals surface area contributed by atoms with Gasteiger partial charge in [-0.15, -0.1) is 0 Å². The summed E-state index contributed by atoms with van der Waals surface area (Å²) in [4.78, 5) is 22.7. The van der Waals surface area contributed by atoms with Gasteiger partial charge in [0.15, 0.2) is 0 Å². The van der Waals surface area contributed by atoms with Crippen molar-refractivity contribution in [2.75, 3.05) is 13.1 Å². The van der Waals surface area contributed by atoms with Crippen molar-refractivity contribution in [2.45, 2.75) is 59.5 Å². The van der Waals surface area contributed by atoms with Crippen LogP contribution in [0.25, 0.3) is 0 Å². The van der Waals surface area contributed by atoms with E-state index < -0.39 is 6.10 Å². The van der Waals surface area contributed by atoms with E-state index >= 15 is 0 Å². The normalized spacial score (nSPS) is 12.7. The molecule has 0 bridgehead atoms. The molecule has 0 spiro atoms. The van der Waals surface area contributed by atoms with Gasteiger partial charge >= 0.3 is 0 Å². The molecule has 1 N–H and O–H groups in total. The lowest BCUT2D eigenvalue weighted by Crippen LogP contribution is -2.40. The minimum atomic E-state index is -0.582. The van der Waals surface area contributed by atoms with Crippen molar-refractivity contribution in [3.8, 4) is 0 Å². The van der Waals surface area contributed by atoms with Crippen LogP contribution in [0, 0.1) is 5.41 Å². The Morgan fingerprint density at radius 3 is 1.38 bits per heavy atom. The predicted octanol–water partition coefficient (Wildman–Crippen LogP) is 4.92. The largest absolute Gasteiger partial charge is 0.390 e. The van der Waals surface area contributed by atoms with E-state index in [-0.39, 0.29) is 5.41 Å². The zero-order valence-electron chi connectivity index (χ0n) is 23.3. The van der Waals surface area contributed by atoms with E-state index in [1.54, 1.807) is 12.4 Å². The summed E-state index contributed by atoms with van der Waals surface area (Å²) in [5, 5.41) is 11.3. The molecule has 4 aromatic rings. The summed E-state index contributed by atoms with van der Waals surface area (Å²) in [6.45, 7) is 10.2. The number of hydrogen-bond acceptors (Lipinski definition) is 7. The Morgan fingerprint density at radius 2 is 1.05 bits per heavy atom. The lowest BCUT2D eigenvalue weighted by Gasteiger charge is -2.29.